The fraction of sp³-hybridized carbons (Fsp3) is 0.250. The number of benzene rings is 2. The third-order valence-corrected chi connectivity index (χ3v) is 3.03. The van der Waals surface area contributed by atoms with Crippen molar-refractivity contribution >= 4 is 5.69 Å². The van der Waals surface area contributed by atoms with Gasteiger partial charge in [0.1, 0.15) is 0 Å². The van der Waals surface area contributed by atoms with Crippen molar-refractivity contribution < 1.29 is 13.5 Å². The first-order valence-electron chi connectivity index (χ1n) is 6.38. The molecule has 0 aromatic heterocycles. The molecule has 0 aliphatic rings. The van der Waals surface area contributed by atoms with Crippen molar-refractivity contribution in [1.82, 2.24) is 0 Å². The minimum Gasteiger partial charge on any atom is -0.381 e. The second kappa shape index (κ2) is 7.01. The molecule has 2 rings (SSSR count). The van der Waals surface area contributed by atoms with Crippen LogP contribution in [-0.2, 0) is 17.9 Å². The van der Waals surface area contributed by atoms with Crippen LogP contribution in [0.25, 0.3) is 0 Å². The molecule has 20 heavy (non-hydrogen) atoms. The highest BCUT2D eigenvalue weighted by Gasteiger charge is 2.06. The minimum atomic E-state index is -2.42. The second-order valence-corrected chi connectivity index (χ2v) is 4.49. The van der Waals surface area contributed by atoms with E-state index in [0.29, 0.717) is 13.2 Å². The van der Waals surface area contributed by atoms with Crippen LogP contribution in [0.5, 0.6) is 0 Å². The fourth-order valence-electron chi connectivity index (χ4n) is 1.95. The Morgan fingerprint density at radius 2 is 1.75 bits per heavy atom. The van der Waals surface area contributed by atoms with E-state index in [0.717, 1.165) is 16.8 Å². The van der Waals surface area contributed by atoms with E-state index in [1.165, 1.54) is 12.1 Å². The molecule has 1 N–H and O–H groups in total. The Kier molecular flexibility index (Phi) is 5.07. The molecule has 0 aliphatic heterocycles. The van der Waals surface area contributed by atoms with Crippen molar-refractivity contribution in [2.24, 2.45) is 0 Å². The van der Waals surface area contributed by atoms with Gasteiger partial charge < -0.3 is 10.1 Å². The van der Waals surface area contributed by atoms with Crippen LogP contribution in [0.15, 0.2) is 48.5 Å². The Balaban J connectivity index is 2.01. The van der Waals surface area contributed by atoms with Crippen LogP contribution in [-0.4, -0.2) is 7.11 Å². The van der Waals surface area contributed by atoms with Crippen LogP contribution in [0.3, 0.4) is 0 Å². The Bertz CT molecular complexity index is 540. The molecule has 0 fully saturated rings. The zero-order valence-electron chi connectivity index (χ0n) is 11.3. The van der Waals surface area contributed by atoms with Crippen molar-refractivity contribution in [3.63, 3.8) is 0 Å². The highest BCUT2D eigenvalue weighted by Crippen LogP contribution is 2.20. The molecule has 0 bridgehead atoms. The summed E-state index contributed by atoms with van der Waals surface area (Å²) in [7, 11) is 1.65. The maximum Gasteiger partial charge on any atom is 0.263 e. The summed E-state index contributed by atoms with van der Waals surface area (Å²) in [6.45, 7) is 1.12. The lowest BCUT2D eigenvalue weighted by molar-refractivity contribution is 0.151. The number of rotatable bonds is 6. The molecule has 106 valence electrons. The fourth-order valence-corrected chi connectivity index (χ4v) is 1.95. The lowest BCUT2D eigenvalue weighted by atomic mass is 10.1. The maximum atomic E-state index is 12.5. The average molecular weight is 277 g/mol. The molecule has 0 radical (unpaired) electrons. The first-order chi connectivity index (χ1) is 9.70. The number of hydrogen-bond acceptors (Lipinski definition) is 2. The summed E-state index contributed by atoms with van der Waals surface area (Å²) in [5, 5.41) is 3.30. The Morgan fingerprint density at radius 3 is 2.40 bits per heavy atom. The number of ether oxygens (including phenoxy) is 1. The number of methoxy groups -OCH3 is 1. The van der Waals surface area contributed by atoms with Crippen molar-refractivity contribution in [3.8, 4) is 0 Å². The minimum absolute atomic E-state index is 0.0496. The zero-order valence-corrected chi connectivity index (χ0v) is 11.3. The first kappa shape index (κ1) is 14.5. The number of nitrogens with one attached hydrogen (secondary N) is 1. The molecule has 0 saturated carbocycles. The normalized spacial score (nSPS) is 10.8. The van der Waals surface area contributed by atoms with Crippen molar-refractivity contribution in [2.45, 2.75) is 19.6 Å². The first-order valence-corrected chi connectivity index (χ1v) is 6.38. The summed E-state index contributed by atoms with van der Waals surface area (Å²) in [5.74, 6) is 0. The number of para-hydroxylation sites is 1. The highest BCUT2D eigenvalue weighted by molar-refractivity contribution is 5.51. The van der Waals surface area contributed by atoms with Crippen molar-refractivity contribution in [2.75, 3.05) is 12.4 Å². The third-order valence-electron chi connectivity index (χ3n) is 3.03. The smallest absolute Gasteiger partial charge is 0.263 e. The van der Waals surface area contributed by atoms with Crippen LogP contribution >= 0.6 is 0 Å². The average Bonchev–Trinajstić information content (AvgIpc) is 2.47. The molecule has 2 nitrogen and oxygen atoms in total. The Labute approximate surface area is 117 Å². The van der Waals surface area contributed by atoms with Gasteiger partial charge in [-0.05, 0) is 11.6 Å². The standard InChI is InChI=1S/C16H17F2NO/c1-20-11-14-4-2-3-5-15(14)19-10-12-6-8-13(9-7-12)16(17)18/h2-9,16,19H,10-11H2,1H3. The van der Waals surface area contributed by atoms with E-state index in [1.807, 2.05) is 24.3 Å². The molecule has 0 unspecified atom stereocenters. The predicted molar refractivity (Wildman–Crippen MR) is 75.9 cm³/mol. The molecule has 0 heterocycles. The largest absolute Gasteiger partial charge is 0.381 e. The Morgan fingerprint density at radius 1 is 1.05 bits per heavy atom. The maximum absolute atomic E-state index is 12.5. The zero-order chi connectivity index (χ0) is 14.4. The topological polar surface area (TPSA) is 21.3 Å². The van der Waals surface area contributed by atoms with E-state index in [1.54, 1.807) is 19.2 Å². The van der Waals surface area contributed by atoms with Crippen molar-refractivity contribution in [1.29, 1.82) is 0 Å². The second-order valence-electron chi connectivity index (χ2n) is 4.49. The van der Waals surface area contributed by atoms with Crippen LogP contribution in [0.1, 0.15) is 23.1 Å². The van der Waals surface area contributed by atoms with E-state index in [2.05, 4.69) is 5.32 Å². The van der Waals surface area contributed by atoms with Gasteiger partial charge in [0.2, 0.25) is 0 Å². The van der Waals surface area contributed by atoms with E-state index < -0.39 is 6.43 Å². The van der Waals surface area contributed by atoms with Gasteiger partial charge in [0.25, 0.3) is 6.43 Å². The van der Waals surface area contributed by atoms with Crippen LogP contribution in [0, 0.1) is 0 Å². The van der Waals surface area contributed by atoms with Crippen LogP contribution in [0.4, 0.5) is 14.5 Å². The van der Waals surface area contributed by atoms with Crippen molar-refractivity contribution in [3.05, 3.63) is 65.2 Å². The SMILES string of the molecule is COCc1ccccc1NCc1ccc(C(F)F)cc1. The van der Waals surface area contributed by atoms with Gasteiger partial charge in [0, 0.05) is 30.5 Å². The summed E-state index contributed by atoms with van der Waals surface area (Å²) in [6, 6.07) is 14.2. The summed E-state index contributed by atoms with van der Waals surface area (Å²) in [4.78, 5) is 0. The molecule has 0 spiro atoms. The molecular weight excluding hydrogens is 260 g/mol. The van der Waals surface area contributed by atoms with E-state index in [-0.39, 0.29) is 5.56 Å². The highest BCUT2D eigenvalue weighted by atomic mass is 19.3. The quantitative estimate of drug-likeness (QED) is 0.846. The van der Waals surface area contributed by atoms with Gasteiger partial charge in [0.05, 0.1) is 6.61 Å². The van der Waals surface area contributed by atoms with Gasteiger partial charge in [-0.1, -0.05) is 42.5 Å². The van der Waals surface area contributed by atoms with Gasteiger partial charge >= 0.3 is 0 Å². The number of alkyl halides is 2. The van der Waals surface area contributed by atoms with E-state index in [9.17, 15) is 8.78 Å². The molecule has 0 amide bonds. The van der Waals surface area contributed by atoms with Gasteiger partial charge in [0.15, 0.2) is 0 Å². The number of anilines is 1. The molecule has 4 heteroatoms. The predicted octanol–water partition coefficient (Wildman–Crippen LogP) is 4.38. The Hall–Kier alpha value is -1.94. The van der Waals surface area contributed by atoms with Crippen LogP contribution < -0.4 is 5.32 Å². The monoisotopic (exact) mass is 277 g/mol. The van der Waals surface area contributed by atoms with Crippen LogP contribution in [0.2, 0.25) is 0 Å². The molecular formula is C16H17F2NO. The molecule has 0 atom stereocenters. The number of hydrogen-bond donors (Lipinski definition) is 1. The summed E-state index contributed by atoms with van der Waals surface area (Å²) < 4.78 is 30.1. The van der Waals surface area contributed by atoms with Gasteiger partial charge in [-0.15, -0.1) is 0 Å². The van der Waals surface area contributed by atoms with E-state index in [4.69, 9.17) is 4.74 Å². The molecule has 0 aliphatic carbocycles. The third kappa shape index (κ3) is 3.78. The lowest BCUT2D eigenvalue weighted by Crippen LogP contribution is -2.03. The van der Waals surface area contributed by atoms with Gasteiger partial charge in [-0.25, -0.2) is 8.78 Å². The molecule has 2 aromatic carbocycles. The summed E-state index contributed by atoms with van der Waals surface area (Å²) in [6.07, 6.45) is -2.42. The molecule has 0 saturated heterocycles. The van der Waals surface area contributed by atoms with Gasteiger partial charge in [-0.2, -0.15) is 0 Å². The summed E-state index contributed by atoms with van der Waals surface area (Å²) in [5.41, 5.74) is 3.07. The lowest BCUT2D eigenvalue weighted by Gasteiger charge is -2.11. The summed E-state index contributed by atoms with van der Waals surface area (Å²) >= 11 is 0. The number of halogens is 2. The molecule has 2 aromatic rings. The van der Waals surface area contributed by atoms with E-state index >= 15 is 0 Å². The van der Waals surface area contributed by atoms with Gasteiger partial charge in [-0.3, -0.25) is 0 Å².